The lowest BCUT2D eigenvalue weighted by Gasteiger charge is -2.11. The van der Waals surface area contributed by atoms with Crippen molar-refractivity contribution in [2.24, 2.45) is 0 Å². The summed E-state index contributed by atoms with van der Waals surface area (Å²) in [6.45, 7) is 3.25. The van der Waals surface area contributed by atoms with E-state index in [4.69, 9.17) is 14.7 Å². The largest absolute Gasteiger partial charge is 0.481 e. The van der Waals surface area contributed by atoms with Crippen molar-refractivity contribution < 1.29 is 42.2 Å². The number of Topliss-reactive ketones (excluding diaryl/α,β-unsaturated/α-hetero) is 2. The summed E-state index contributed by atoms with van der Waals surface area (Å²) >= 11 is 0. The van der Waals surface area contributed by atoms with Crippen LogP contribution in [0, 0.1) is 0 Å². The number of phosphoric ester groups is 1. The molecule has 3 N–H and O–H groups in total. The summed E-state index contributed by atoms with van der Waals surface area (Å²) in [5.41, 5.74) is -0.109. The summed E-state index contributed by atoms with van der Waals surface area (Å²) in [4.78, 5) is 47.1. The summed E-state index contributed by atoms with van der Waals surface area (Å²) in [7, 11) is -10.3. The van der Waals surface area contributed by atoms with Gasteiger partial charge in [-0.1, -0.05) is 6.58 Å². The fourth-order valence-electron chi connectivity index (χ4n) is 0.602. The van der Waals surface area contributed by atoms with Gasteiger partial charge in [-0.25, -0.2) is 9.13 Å². The highest BCUT2D eigenvalue weighted by atomic mass is 31.3. The Morgan fingerprint density at radius 3 is 2.06 bits per heavy atom. The van der Waals surface area contributed by atoms with Gasteiger partial charge in [-0.3, -0.25) is 14.1 Å². The molecule has 0 radical (unpaired) electrons. The van der Waals surface area contributed by atoms with Crippen molar-refractivity contribution in [3.8, 4) is 0 Å². The first-order chi connectivity index (χ1) is 7.44. The molecule has 0 fully saturated rings. The van der Waals surface area contributed by atoms with Crippen molar-refractivity contribution in [1.29, 1.82) is 0 Å². The highest BCUT2D eigenvalue weighted by molar-refractivity contribution is 7.60. The minimum absolute atomic E-state index is 0.109. The first kappa shape index (κ1) is 16.3. The number of hydrogen-bond acceptors (Lipinski definition) is 6. The van der Waals surface area contributed by atoms with Gasteiger partial charge in [0.15, 0.2) is 0 Å². The van der Waals surface area contributed by atoms with E-state index in [9.17, 15) is 18.7 Å². The smallest absolute Gasteiger partial charge is 0.302 e. The minimum Gasteiger partial charge on any atom is -0.302 e. The molecule has 11 heteroatoms. The lowest BCUT2D eigenvalue weighted by atomic mass is 10.1. The lowest BCUT2D eigenvalue weighted by Crippen LogP contribution is -2.19. The van der Waals surface area contributed by atoms with Crippen molar-refractivity contribution in [1.82, 2.24) is 0 Å². The van der Waals surface area contributed by atoms with Gasteiger partial charge in [0.2, 0.25) is 11.6 Å². The van der Waals surface area contributed by atoms with Crippen LogP contribution in [0.3, 0.4) is 0 Å². The molecule has 17 heavy (non-hydrogen) atoms. The number of rotatable bonds is 7. The topological polar surface area (TPSA) is 147 Å². The van der Waals surface area contributed by atoms with Gasteiger partial charge in [-0.2, -0.15) is 4.31 Å². The fraction of sp³-hybridized carbons (Fsp3) is 0.333. The Morgan fingerprint density at radius 1 is 1.24 bits per heavy atom. The summed E-state index contributed by atoms with van der Waals surface area (Å²) in [6, 6.07) is 0. The van der Waals surface area contributed by atoms with Crippen molar-refractivity contribution in [3.05, 3.63) is 12.2 Å². The molecule has 98 valence electrons. The van der Waals surface area contributed by atoms with E-state index >= 15 is 0 Å². The molecule has 0 aromatic carbocycles. The molecule has 0 bridgehead atoms. The van der Waals surface area contributed by atoms with Gasteiger partial charge in [0.1, 0.15) is 6.61 Å². The van der Waals surface area contributed by atoms with Crippen molar-refractivity contribution in [2.75, 3.05) is 6.61 Å². The molecule has 0 aromatic heterocycles. The normalized spacial score (nSPS) is 15.1. The Kier molecular flexibility index (Phi) is 5.57. The van der Waals surface area contributed by atoms with Crippen LogP contribution in [0.1, 0.15) is 6.92 Å². The zero-order valence-electron chi connectivity index (χ0n) is 8.60. The number of hydrogen-bond donors (Lipinski definition) is 3. The molecule has 0 aliphatic rings. The summed E-state index contributed by atoms with van der Waals surface area (Å²) in [5.74, 6) is -2.22. The number of ketones is 2. The first-order valence-corrected chi connectivity index (χ1v) is 6.94. The highest BCUT2D eigenvalue weighted by Gasteiger charge is 2.33. The number of phosphoric acid groups is 2. The van der Waals surface area contributed by atoms with Crippen LogP contribution < -0.4 is 0 Å². The molecular formula is C6H10O9P2. The molecule has 0 saturated carbocycles. The lowest BCUT2D eigenvalue weighted by molar-refractivity contribution is -0.135. The van der Waals surface area contributed by atoms with Crippen LogP contribution in [-0.4, -0.2) is 32.9 Å². The van der Waals surface area contributed by atoms with Crippen molar-refractivity contribution in [2.45, 2.75) is 6.92 Å². The minimum atomic E-state index is -5.24. The molecule has 0 spiro atoms. The third kappa shape index (κ3) is 7.30. The van der Waals surface area contributed by atoms with Gasteiger partial charge in [0, 0.05) is 0 Å². The summed E-state index contributed by atoms with van der Waals surface area (Å²) in [5, 5.41) is 0. The molecule has 0 aliphatic heterocycles. The van der Waals surface area contributed by atoms with E-state index in [1.54, 1.807) is 0 Å². The van der Waals surface area contributed by atoms with E-state index in [1.165, 1.54) is 6.92 Å². The van der Waals surface area contributed by atoms with E-state index < -0.39 is 33.8 Å². The number of carbonyl (C=O) groups is 2. The fourth-order valence-corrected chi connectivity index (χ4v) is 2.15. The summed E-state index contributed by atoms with van der Waals surface area (Å²) < 4.78 is 28.4. The van der Waals surface area contributed by atoms with E-state index in [-0.39, 0.29) is 5.57 Å². The molecular weight excluding hydrogens is 278 g/mol. The third-order valence-corrected chi connectivity index (χ3v) is 3.34. The van der Waals surface area contributed by atoms with Crippen LogP contribution in [-0.2, 0) is 27.6 Å². The van der Waals surface area contributed by atoms with Crippen LogP contribution in [0.15, 0.2) is 12.2 Å². The molecule has 0 heterocycles. The maximum atomic E-state index is 11.0. The van der Waals surface area contributed by atoms with Gasteiger partial charge in [0.05, 0.1) is 0 Å². The second kappa shape index (κ2) is 5.79. The van der Waals surface area contributed by atoms with E-state index in [2.05, 4.69) is 15.4 Å². The Morgan fingerprint density at radius 2 is 1.71 bits per heavy atom. The quantitative estimate of drug-likeness (QED) is 0.332. The standard InChI is InChI=1S/C6H10O9P2/c1-4(2)6(8)5(7)3-14-17(12,13)15-16(9,10)11/h1,3H2,2H3,(H,12,13)(H2,9,10,11). The van der Waals surface area contributed by atoms with Crippen molar-refractivity contribution >= 4 is 27.2 Å². The first-order valence-electron chi connectivity index (χ1n) is 3.92. The zero-order chi connectivity index (χ0) is 13.9. The van der Waals surface area contributed by atoms with Crippen LogP contribution in [0.5, 0.6) is 0 Å². The van der Waals surface area contributed by atoms with Crippen LogP contribution in [0.25, 0.3) is 0 Å². The third-order valence-electron chi connectivity index (χ3n) is 1.21. The average Bonchev–Trinajstić information content (AvgIpc) is 2.09. The van der Waals surface area contributed by atoms with E-state index in [1.807, 2.05) is 0 Å². The molecule has 0 rings (SSSR count). The molecule has 0 aromatic rings. The van der Waals surface area contributed by atoms with Crippen LogP contribution >= 0.6 is 15.6 Å². The van der Waals surface area contributed by atoms with Gasteiger partial charge < -0.3 is 14.7 Å². The predicted molar refractivity (Wildman–Crippen MR) is 53.7 cm³/mol. The predicted octanol–water partition coefficient (Wildman–Crippen LogP) is -0.0730. The maximum absolute atomic E-state index is 11.0. The van der Waals surface area contributed by atoms with Gasteiger partial charge in [-0.15, -0.1) is 0 Å². The Bertz CT molecular complexity index is 433. The number of allylic oxidation sites excluding steroid dienone is 1. The molecule has 0 saturated heterocycles. The van der Waals surface area contributed by atoms with Crippen LogP contribution in [0.4, 0.5) is 0 Å². The molecule has 1 atom stereocenters. The van der Waals surface area contributed by atoms with E-state index in [0.29, 0.717) is 0 Å². The zero-order valence-corrected chi connectivity index (χ0v) is 10.4. The van der Waals surface area contributed by atoms with Crippen molar-refractivity contribution in [3.63, 3.8) is 0 Å². The molecule has 0 aliphatic carbocycles. The number of carbonyl (C=O) groups excluding carboxylic acids is 2. The Labute approximate surface area is 95.9 Å². The summed E-state index contributed by atoms with van der Waals surface area (Å²) in [6.07, 6.45) is 0. The van der Waals surface area contributed by atoms with E-state index in [0.717, 1.165) is 0 Å². The molecule has 0 amide bonds. The Hall–Kier alpha value is -0.660. The van der Waals surface area contributed by atoms with Gasteiger partial charge in [0.25, 0.3) is 0 Å². The SMILES string of the molecule is C=C(C)C(=O)C(=O)COP(=O)(O)OP(=O)(O)O. The monoisotopic (exact) mass is 288 g/mol. The van der Waals surface area contributed by atoms with Gasteiger partial charge >= 0.3 is 15.6 Å². The average molecular weight is 288 g/mol. The second-order valence-electron chi connectivity index (χ2n) is 2.85. The Balaban J connectivity index is 4.43. The van der Waals surface area contributed by atoms with Gasteiger partial charge in [-0.05, 0) is 12.5 Å². The maximum Gasteiger partial charge on any atom is 0.481 e. The van der Waals surface area contributed by atoms with Crippen LogP contribution in [0.2, 0.25) is 0 Å². The second-order valence-corrected chi connectivity index (χ2v) is 5.68. The highest BCUT2D eigenvalue weighted by Crippen LogP contribution is 2.57. The molecule has 1 unspecified atom stereocenters. The molecule has 9 nitrogen and oxygen atoms in total.